The average molecular weight is 328 g/mol. The Labute approximate surface area is 124 Å². The molecule has 0 N–H and O–H groups in total. The van der Waals surface area contributed by atoms with Gasteiger partial charge in [-0.05, 0) is 37.7 Å². The van der Waals surface area contributed by atoms with Crippen LogP contribution in [-0.4, -0.2) is 30.6 Å². The second-order valence-corrected chi connectivity index (χ2v) is 5.21. The van der Waals surface area contributed by atoms with Crippen LogP contribution in [0.15, 0.2) is 28.7 Å². The quantitative estimate of drug-likeness (QED) is 0.713. The summed E-state index contributed by atoms with van der Waals surface area (Å²) in [4.78, 5) is 14.0. The van der Waals surface area contributed by atoms with Crippen molar-refractivity contribution in [3.63, 3.8) is 0 Å². The normalized spacial score (nSPS) is 12.5. The van der Waals surface area contributed by atoms with Crippen molar-refractivity contribution in [1.82, 2.24) is 4.90 Å². The third-order valence-corrected chi connectivity index (χ3v) is 3.70. The largest absolute Gasteiger partial charge is 0.466 e. The Morgan fingerprint density at radius 1 is 1.21 bits per heavy atom. The van der Waals surface area contributed by atoms with Crippen molar-refractivity contribution in [1.29, 1.82) is 0 Å². The van der Waals surface area contributed by atoms with Crippen molar-refractivity contribution >= 4 is 21.9 Å². The van der Waals surface area contributed by atoms with Gasteiger partial charge in [0.1, 0.15) is 0 Å². The highest BCUT2D eigenvalue weighted by molar-refractivity contribution is 9.10. The molecule has 0 saturated heterocycles. The fourth-order valence-electron chi connectivity index (χ4n) is 2.18. The van der Waals surface area contributed by atoms with Crippen LogP contribution in [0.25, 0.3) is 0 Å². The van der Waals surface area contributed by atoms with Gasteiger partial charge >= 0.3 is 5.97 Å². The summed E-state index contributed by atoms with van der Waals surface area (Å²) in [6.45, 7) is 8.32. The number of rotatable bonds is 7. The first-order valence-electron chi connectivity index (χ1n) is 6.77. The summed E-state index contributed by atoms with van der Waals surface area (Å²) in [5, 5.41) is 0. The lowest BCUT2D eigenvalue weighted by Gasteiger charge is -2.29. The molecule has 0 radical (unpaired) electrons. The number of hydrogen-bond donors (Lipinski definition) is 0. The lowest BCUT2D eigenvalue weighted by molar-refractivity contribution is -0.144. The van der Waals surface area contributed by atoms with Gasteiger partial charge < -0.3 is 4.74 Å². The first-order chi connectivity index (χ1) is 9.12. The summed E-state index contributed by atoms with van der Waals surface area (Å²) in [6.07, 6.45) is 0.400. The van der Waals surface area contributed by atoms with Gasteiger partial charge in [-0.2, -0.15) is 0 Å². The number of carbonyl (C=O) groups is 1. The van der Waals surface area contributed by atoms with Crippen LogP contribution in [-0.2, 0) is 9.53 Å². The summed E-state index contributed by atoms with van der Waals surface area (Å²) < 4.78 is 6.13. The third-order valence-electron chi connectivity index (χ3n) is 3.17. The van der Waals surface area contributed by atoms with Gasteiger partial charge in [0, 0.05) is 10.5 Å². The van der Waals surface area contributed by atoms with Gasteiger partial charge in [-0.15, -0.1) is 0 Å². The van der Waals surface area contributed by atoms with Gasteiger partial charge in [-0.3, -0.25) is 9.69 Å². The Morgan fingerprint density at radius 2 is 1.79 bits per heavy atom. The number of halogens is 1. The summed E-state index contributed by atoms with van der Waals surface area (Å²) in [5.74, 6) is -0.137. The van der Waals surface area contributed by atoms with E-state index in [1.807, 2.05) is 19.1 Å². The molecule has 106 valence electrons. The minimum atomic E-state index is -0.137. The molecule has 0 amide bonds. The van der Waals surface area contributed by atoms with Crippen molar-refractivity contribution in [3.05, 3.63) is 34.3 Å². The molecule has 1 unspecified atom stereocenters. The van der Waals surface area contributed by atoms with Gasteiger partial charge in [0.15, 0.2) is 0 Å². The van der Waals surface area contributed by atoms with Crippen molar-refractivity contribution in [2.24, 2.45) is 0 Å². The summed E-state index contributed by atoms with van der Waals surface area (Å²) in [6, 6.07) is 8.23. The van der Waals surface area contributed by atoms with Gasteiger partial charge in [0.05, 0.1) is 13.0 Å². The van der Waals surface area contributed by atoms with Gasteiger partial charge in [-0.1, -0.05) is 41.9 Å². The second kappa shape index (κ2) is 8.33. The molecule has 0 aliphatic rings. The molecule has 0 fully saturated rings. The maximum atomic E-state index is 11.8. The molecular formula is C15H22BrNO2. The molecule has 3 nitrogen and oxygen atoms in total. The van der Waals surface area contributed by atoms with E-state index >= 15 is 0 Å². The highest BCUT2D eigenvalue weighted by Gasteiger charge is 2.21. The number of nitrogens with zero attached hydrogens (tertiary/aromatic N) is 1. The third kappa shape index (κ3) is 4.96. The van der Waals surface area contributed by atoms with Crippen LogP contribution in [0.1, 0.15) is 38.8 Å². The van der Waals surface area contributed by atoms with E-state index in [0.717, 1.165) is 23.1 Å². The highest BCUT2D eigenvalue weighted by atomic mass is 79.9. The summed E-state index contributed by atoms with van der Waals surface area (Å²) in [7, 11) is 0. The Balaban J connectivity index is 2.91. The molecule has 4 heteroatoms. The lowest BCUT2D eigenvalue weighted by Crippen LogP contribution is -2.30. The van der Waals surface area contributed by atoms with E-state index < -0.39 is 0 Å². The zero-order valence-corrected chi connectivity index (χ0v) is 13.4. The molecule has 1 aromatic carbocycles. The van der Waals surface area contributed by atoms with Gasteiger partial charge in [-0.25, -0.2) is 0 Å². The van der Waals surface area contributed by atoms with Crippen LogP contribution in [0.2, 0.25) is 0 Å². The monoisotopic (exact) mass is 327 g/mol. The number of ether oxygens (including phenoxy) is 1. The molecule has 0 spiro atoms. The number of hydrogen-bond acceptors (Lipinski definition) is 3. The topological polar surface area (TPSA) is 29.5 Å². The van der Waals surface area contributed by atoms with Crippen molar-refractivity contribution in [3.8, 4) is 0 Å². The van der Waals surface area contributed by atoms with Crippen molar-refractivity contribution < 1.29 is 9.53 Å². The minimum Gasteiger partial charge on any atom is -0.466 e. The zero-order valence-electron chi connectivity index (χ0n) is 11.9. The van der Waals surface area contributed by atoms with E-state index in [1.54, 1.807) is 0 Å². The van der Waals surface area contributed by atoms with E-state index in [1.165, 1.54) is 0 Å². The van der Waals surface area contributed by atoms with Crippen LogP contribution in [0, 0.1) is 0 Å². The molecule has 19 heavy (non-hydrogen) atoms. The predicted octanol–water partition coefficient (Wildman–Crippen LogP) is 3.79. The van der Waals surface area contributed by atoms with E-state index in [0.29, 0.717) is 13.0 Å². The second-order valence-electron chi connectivity index (χ2n) is 4.30. The summed E-state index contributed by atoms with van der Waals surface area (Å²) >= 11 is 3.44. The van der Waals surface area contributed by atoms with Gasteiger partial charge in [0.2, 0.25) is 0 Å². The van der Waals surface area contributed by atoms with E-state index in [4.69, 9.17) is 4.74 Å². The standard InChI is InChI=1S/C15H22BrNO2/c1-4-17(5-2)14(11-15(18)19-6-3)12-7-9-13(16)10-8-12/h7-10,14H,4-6,11H2,1-3H3. The Bertz CT molecular complexity index is 388. The Hall–Kier alpha value is -0.870. The van der Waals surface area contributed by atoms with Crippen molar-refractivity contribution in [2.45, 2.75) is 33.2 Å². The average Bonchev–Trinajstić information content (AvgIpc) is 2.40. The SMILES string of the molecule is CCOC(=O)CC(c1ccc(Br)cc1)N(CC)CC. The first kappa shape index (κ1) is 16.2. The predicted molar refractivity (Wildman–Crippen MR) is 81.1 cm³/mol. The van der Waals surface area contributed by atoms with E-state index in [9.17, 15) is 4.79 Å². The number of esters is 1. The number of carbonyl (C=O) groups excluding carboxylic acids is 1. The molecule has 0 aliphatic heterocycles. The molecule has 0 saturated carbocycles. The van der Waals surface area contributed by atoms with Crippen LogP contribution < -0.4 is 0 Å². The maximum Gasteiger partial charge on any atom is 0.307 e. The first-order valence-corrected chi connectivity index (χ1v) is 7.56. The maximum absolute atomic E-state index is 11.8. The lowest BCUT2D eigenvalue weighted by atomic mass is 10.0. The van der Waals surface area contributed by atoms with Crippen LogP contribution in [0.5, 0.6) is 0 Å². The Kier molecular flexibility index (Phi) is 7.10. The van der Waals surface area contributed by atoms with Crippen LogP contribution in [0.3, 0.4) is 0 Å². The minimum absolute atomic E-state index is 0.0853. The molecule has 1 atom stereocenters. The Morgan fingerprint density at radius 3 is 2.26 bits per heavy atom. The van der Waals surface area contributed by atoms with Gasteiger partial charge in [0.25, 0.3) is 0 Å². The molecule has 1 rings (SSSR count). The van der Waals surface area contributed by atoms with E-state index in [-0.39, 0.29) is 12.0 Å². The molecule has 0 bridgehead atoms. The molecule has 1 aromatic rings. The van der Waals surface area contributed by atoms with Crippen molar-refractivity contribution in [2.75, 3.05) is 19.7 Å². The molecule has 0 aromatic heterocycles. The molecule has 0 heterocycles. The number of benzene rings is 1. The van der Waals surface area contributed by atoms with Crippen LogP contribution in [0.4, 0.5) is 0 Å². The molecular weight excluding hydrogens is 306 g/mol. The molecule has 0 aliphatic carbocycles. The summed E-state index contributed by atoms with van der Waals surface area (Å²) in [5.41, 5.74) is 1.15. The fourth-order valence-corrected chi connectivity index (χ4v) is 2.45. The smallest absolute Gasteiger partial charge is 0.307 e. The van der Waals surface area contributed by atoms with Crippen LogP contribution >= 0.6 is 15.9 Å². The van der Waals surface area contributed by atoms with E-state index in [2.05, 4.69) is 46.8 Å². The zero-order chi connectivity index (χ0) is 14.3. The highest BCUT2D eigenvalue weighted by Crippen LogP contribution is 2.26. The fraction of sp³-hybridized carbons (Fsp3) is 0.533.